The maximum Gasteiger partial charge on any atom is 0.472 e. The normalized spacial score (nSPS) is 13.3. The Labute approximate surface area is 257 Å². The smallest absolute Gasteiger partial charge is 0.303 e. The molecule has 248 valence electrons. The van der Waals surface area contributed by atoms with Crippen molar-refractivity contribution in [1.29, 1.82) is 0 Å². The minimum Gasteiger partial charge on any atom is -0.303 e. The third-order valence-corrected chi connectivity index (χ3v) is 9.30. The van der Waals surface area contributed by atoms with Crippen molar-refractivity contribution in [1.82, 2.24) is 4.90 Å². The minimum absolute atomic E-state index is 0.317. The molecule has 0 aliphatic heterocycles. The van der Waals surface area contributed by atoms with Gasteiger partial charge >= 0.3 is 7.82 Å². The molecule has 1 atom stereocenters. The second-order valence-electron chi connectivity index (χ2n) is 12.5. The van der Waals surface area contributed by atoms with E-state index in [0.717, 1.165) is 25.7 Å². The highest BCUT2D eigenvalue weighted by atomic mass is 31.2. The molecule has 0 aromatic heterocycles. The molecule has 0 aliphatic rings. The van der Waals surface area contributed by atoms with Gasteiger partial charge in [0.25, 0.3) is 0 Å². The van der Waals surface area contributed by atoms with Gasteiger partial charge in [-0.25, -0.2) is 4.57 Å². The average molecular weight is 604 g/mol. The summed E-state index contributed by atoms with van der Waals surface area (Å²) in [7, 11) is -3.87. The van der Waals surface area contributed by atoms with E-state index in [2.05, 4.69) is 25.7 Å². The Hall–Kier alpha value is 0.0700. The molecule has 0 heterocycles. The number of phosphoric acid groups is 1. The van der Waals surface area contributed by atoms with Gasteiger partial charge in [-0.3, -0.25) is 9.05 Å². The fraction of sp³-hybridized carbons (Fsp3) is 1.00. The predicted molar refractivity (Wildman–Crippen MR) is 180 cm³/mol. The van der Waals surface area contributed by atoms with E-state index in [1.54, 1.807) is 0 Å². The molecule has 0 saturated carbocycles. The van der Waals surface area contributed by atoms with Crippen LogP contribution in [0.3, 0.4) is 0 Å². The molecular weight excluding hydrogens is 529 g/mol. The number of nitrogens with zero attached hydrogens (tertiary/aromatic N) is 1. The third kappa shape index (κ3) is 32.8. The van der Waals surface area contributed by atoms with Crippen LogP contribution >= 0.6 is 7.82 Å². The first-order chi connectivity index (χ1) is 20.1. The van der Waals surface area contributed by atoms with Crippen LogP contribution in [0.5, 0.6) is 0 Å². The highest BCUT2D eigenvalue weighted by Gasteiger charge is 2.19. The lowest BCUT2D eigenvalue weighted by Crippen LogP contribution is -2.27. The van der Waals surface area contributed by atoms with Gasteiger partial charge in [0.1, 0.15) is 0 Å². The van der Waals surface area contributed by atoms with Gasteiger partial charge in [0.2, 0.25) is 0 Å². The highest BCUT2D eigenvalue weighted by molar-refractivity contribution is 7.47. The van der Waals surface area contributed by atoms with Crippen LogP contribution in [-0.2, 0) is 13.6 Å². The van der Waals surface area contributed by atoms with Gasteiger partial charge in [0.15, 0.2) is 0 Å². The van der Waals surface area contributed by atoms with E-state index >= 15 is 0 Å². The van der Waals surface area contributed by atoms with Crippen LogP contribution in [0.25, 0.3) is 0 Å². The van der Waals surface area contributed by atoms with Gasteiger partial charge in [-0.2, -0.15) is 0 Å². The van der Waals surface area contributed by atoms with E-state index in [-0.39, 0.29) is 0 Å². The summed E-state index contributed by atoms with van der Waals surface area (Å²) in [6.45, 7) is 11.3. The fourth-order valence-corrected chi connectivity index (χ4v) is 6.32. The fourth-order valence-electron chi connectivity index (χ4n) is 5.52. The van der Waals surface area contributed by atoms with Gasteiger partial charge in [0.05, 0.1) is 13.2 Å². The number of unbranched alkanes of at least 4 members (excludes halogenated alkanes) is 23. The van der Waals surface area contributed by atoms with E-state index in [9.17, 15) is 9.46 Å². The largest absolute Gasteiger partial charge is 0.472 e. The summed E-state index contributed by atoms with van der Waals surface area (Å²) in [6.07, 6.45) is 34.5. The van der Waals surface area contributed by atoms with Gasteiger partial charge in [-0.15, -0.1) is 0 Å². The lowest BCUT2D eigenvalue weighted by atomic mass is 10.1. The predicted octanol–water partition coefficient (Wildman–Crippen LogP) is 12.0. The van der Waals surface area contributed by atoms with Crippen LogP contribution in [0.1, 0.15) is 194 Å². The van der Waals surface area contributed by atoms with Crippen molar-refractivity contribution in [2.24, 2.45) is 0 Å². The minimum atomic E-state index is -3.87. The van der Waals surface area contributed by atoms with E-state index in [4.69, 9.17) is 9.05 Å². The van der Waals surface area contributed by atoms with Crippen molar-refractivity contribution in [2.75, 3.05) is 32.8 Å². The first-order valence-electron chi connectivity index (χ1n) is 18.4. The molecule has 0 bridgehead atoms. The first-order valence-corrected chi connectivity index (χ1v) is 19.9. The Balaban J connectivity index is 3.74. The van der Waals surface area contributed by atoms with Crippen LogP contribution in [0.15, 0.2) is 0 Å². The Morgan fingerprint density at radius 1 is 0.415 bits per heavy atom. The van der Waals surface area contributed by atoms with Gasteiger partial charge < -0.3 is 9.79 Å². The first kappa shape index (κ1) is 41.1. The standard InChI is InChI=1S/C35H74NO4P/c1-4-7-10-13-19-24-29-34-39-41(37,38)40-35-30-25-20-17-16-18-23-28-33-36(31-26-21-14-11-8-5-2)32-27-22-15-12-9-6-3/h4-35H2,1-3H3,(H,37,38). The lowest BCUT2D eigenvalue weighted by Gasteiger charge is -2.22. The summed E-state index contributed by atoms with van der Waals surface area (Å²) in [6, 6.07) is 0. The third-order valence-electron chi connectivity index (χ3n) is 8.28. The highest BCUT2D eigenvalue weighted by Crippen LogP contribution is 2.43. The zero-order valence-corrected chi connectivity index (χ0v) is 29.1. The monoisotopic (exact) mass is 604 g/mol. The molecule has 0 aromatic carbocycles. The molecule has 0 fully saturated rings. The number of hydrogen-bond donors (Lipinski definition) is 1. The molecule has 5 nitrogen and oxygen atoms in total. The van der Waals surface area contributed by atoms with Crippen molar-refractivity contribution in [2.45, 2.75) is 194 Å². The summed E-state index contributed by atoms with van der Waals surface area (Å²) in [5, 5.41) is 0. The summed E-state index contributed by atoms with van der Waals surface area (Å²) < 4.78 is 22.3. The van der Waals surface area contributed by atoms with Crippen LogP contribution in [-0.4, -0.2) is 42.6 Å². The summed E-state index contributed by atoms with van der Waals surface area (Å²) in [5.41, 5.74) is 0. The van der Waals surface area contributed by atoms with Crippen molar-refractivity contribution in [3.8, 4) is 0 Å². The van der Waals surface area contributed by atoms with Gasteiger partial charge in [0, 0.05) is 0 Å². The molecule has 0 aliphatic carbocycles. The lowest BCUT2D eigenvalue weighted by molar-refractivity contribution is 0.145. The molecular formula is C35H74NO4P. The molecule has 1 N–H and O–H groups in total. The molecule has 0 amide bonds. The molecule has 1 unspecified atom stereocenters. The van der Waals surface area contributed by atoms with Gasteiger partial charge in [-0.05, 0) is 51.7 Å². The number of rotatable bonds is 35. The molecule has 0 saturated heterocycles. The van der Waals surface area contributed by atoms with Crippen molar-refractivity contribution in [3.05, 3.63) is 0 Å². The summed E-state index contributed by atoms with van der Waals surface area (Å²) in [4.78, 5) is 12.6. The number of hydrogen-bond acceptors (Lipinski definition) is 4. The Kier molecular flexibility index (Phi) is 33.0. The number of phosphoric ester groups is 1. The zero-order valence-electron chi connectivity index (χ0n) is 28.2. The van der Waals surface area contributed by atoms with Crippen molar-refractivity contribution < 1.29 is 18.5 Å². The molecule has 6 heteroatoms. The SMILES string of the molecule is CCCCCCCCCOP(=O)(O)OCCCCCCCCCCN(CCCCCCCC)CCCCCCCC. The van der Waals surface area contributed by atoms with E-state index in [1.165, 1.54) is 167 Å². The van der Waals surface area contributed by atoms with Crippen LogP contribution in [0, 0.1) is 0 Å². The van der Waals surface area contributed by atoms with E-state index < -0.39 is 7.82 Å². The molecule has 0 rings (SSSR count). The quantitative estimate of drug-likeness (QED) is 0.0577. The Morgan fingerprint density at radius 3 is 0.951 bits per heavy atom. The summed E-state index contributed by atoms with van der Waals surface area (Å²) in [5.74, 6) is 0. The van der Waals surface area contributed by atoms with Crippen molar-refractivity contribution in [3.63, 3.8) is 0 Å². The Morgan fingerprint density at radius 2 is 0.659 bits per heavy atom. The second-order valence-corrected chi connectivity index (χ2v) is 13.9. The summed E-state index contributed by atoms with van der Waals surface area (Å²) >= 11 is 0. The maximum atomic E-state index is 12.0. The van der Waals surface area contributed by atoms with Crippen LogP contribution in [0.2, 0.25) is 0 Å². The Bertz CT molecular complexity index is 532. The zero-order chi connectivity index (χ0) is 30.1. The van der Waals surface area contributed by atoms with Crippen molar-refractivity contribution >= 4 is 7.82 Å². The topological polar surface area (TPSA) is 59.0 Å². The van der Waals surface area contributed by atoms with Crippen LogP contribution < -0.4 is 0 Å². The van der Waals surface area contributed by atoms with Gasteiger partial charge in [-0.1, -0.05) is 162 Å². The molecule has 41 heavy (non-hydrogen) atoms. The van der Waals surface area contributed by atoms with E-state index in [1.807, 2.05) is 0 Å². The molecule has 0 aromatic rings. The molecule has 0 spiro atoms. The average Bonchev–Trinajstić information content (AvgIpc) is 2.96. The maximum absolute atomic E-state index is 12.0. The molecule has 0 radical (unpaired) electrons. The van der Waals surface area contributed by atoms with E-state index in [0.29, 0.717) is 13.2 Å². The van der Waals surface area contributed by atoms with Crippen LogP contribution in [0.4, 0.5) is 0 Å². The second kappa shape index (κ2) is 33.0.